The third-order valence-electron chi connectivity index (χ3n) is 12.3. The topological polar surface area (TPSA) is 108 Å². The molecule has 0 aromatic heterocycles. The Morgan fingerprint density at radius 2 is 0.902 bits per heavy atom. The van der Waals surface area contributed by atoms with E-state index in [-0.39, 0.29) is 19.1 Å². The summed E-state index contributed by atoms with van der Waals surface area (Å²) in [6.45, 7) is 4.71. The Kier molecular flexibility index (Phi) is 43.9. The van der Waals surface area contributed by atoms with Gasteiger partial charge in [-0.25, -0.2) is 0 Å². The van der Waals surface area contributed by atoms with Gasteiger partial charge >= 0.3 is 0 Å². The summed E-state index contributed by atoms with van der Waals surface area (Å²) in [4.78, 5) is 25.4. The Bertz CT molecular complexity index is 1000. The van der Waals surface area contributed by atoms with Gasteiger partial charge in [0.25, 0.3) is 7.82 Å². The van der Waals surface area contributed by atoms with Gasteiger partial charge in [0.2, 0.25) is 5.91 Å². The Balaban J connectivity index is 4.08. The smallest absolute Gasteiger partial charge is 0.268 e. The fourth-order valence-corrected chi connectivity index (χ4v) is 8.76. The highest BCUT2D eigenvalue weighted by Crippen LogP contribution is 2.38. The average molecular weight is 885 g/mol. The van der Waals surface area contributed by atoms with Crippen LogP contribution in [0.25, 0.3) is 0 Å². The van der Waals surface area contributed by atoms with E-state index in [9.17, 15) is 19.4 Å². The molecule has 0 bridgehead atoms. The van der Waals surface area contributed by atoms with Crippen LogP contribution in [0, 0.1) is 0 Å². The van der Waals surface area contributed by atoms with Crippen molar-refractivity contribution in [1.29, 1.82) is 0 Å². The van der Waals surface area contributed by atoms with Crippen molar-refractivity contribution >= 4 is 13.7 Å². The summed E-state index contributed by atoms with van der Waals surface area (Å²) < 4.78 is 23.3. The number of allylic oxidation sites excluding steroid dienone is 2. The number of hydrogen-bond acceptors (Lipinski definition) is 6. The van der Waals surface area contributed by atoms with Crippen LogP contribution in [-0.2, 0) is 18.4 Å². The highest BCUT2D eigenvalue weighted by atomic mass is 31.2. The minimum atomic E-state index is -4.57. The van der Waals surface area contributed by atoms with Crippen LogP contribution in [0.15, 0.2) is 12.2 Å². The molecule has 61 heavy (non-hydrogen) atoms. The summed E-state index contributed by atoms with van der Waals surface area (Å²) in [7, 11) is 1.31. The predicted octanol–water partition coefficient (Wildman–Crippen LogP) is 14.8. The molecule has 9 heteroatoms. The molecule has 364 valence electrons. The van der Waals surface area contributed by atoms with Crippen LogP contribution in [0.2, 0.25) is 0 Å². The number of aliphatic hydroxyl groups excluding tert-OH is 1. The molecule has 0 saturated carbocycles. The SMILES string of the molecule is CCCCC/C=C\CCCCCCCC(=O)NC(COP(=O)([O-])OCC[N+](C)(C)C)C(O)CCCCCCCCCCCCCCCCCCCCCCCCCCCCC. The predicted molar refractivity (Wildman–Crippen MR) is 261 cm³/mol. The highest BCUT2D eigenvalue weighted by Gasteiger charge is 2.24. The summed E-state index contributed by atoms with van der Waals surface area (Å²) in [5.74, 6) is -0.172. The summed E-state index contributed by atoms with van der Waals surface area (Å²) in [5.41, 5.74) is 0. The van der Waals surface area contributed by atoms with Crippen molar-refractivity contribution in [2.75, 3.05) is 40.9 Å². The number of quaternary nitrogens is 1. The van der Waals surface area contributed by atoms with Gasteiger partial charge < -0.3 is 28.8 Å². The van der Waals surface area contributed by atoms with Crippen molar-refractivity contribution in [3.05, 3.63) is 12.2 Å². The average Bonchev–Trinajstić information content (AvgIpc) is 3.21. The van der Waals surface area contributed by atoms with Crippen molar-refractivity contribution in [2.24, 2.45) is 0 Å². The highest BCUT2D eigenvalue weighted by molar-refractivity contribution is 7.45. The molecule has 0 fully saturated rings. The molecule has 0 radical (unpaired) electrons. The molecule has 0 aliphatic carbocycles. The van der Waals surface area contributed by atoms with Gasteiger partial charge in [-0.2, -0.15) is 0 Å². The molecule has 1 amide bonds. The first-order chi connectivity index (χ1) is 29.5. The molecule has 0 aliphatic rings. The van der Waals surface area contributed by atoms with E-state index >= 15 is 0 Å². The van der Waals surface area contributed by atoms with E-state index in [2.05, 4.69) is 31.3 Å². The van der Waals surface area contributed by atoms with Gasteiger partial charge in [-0.15, -0.1) is 0 Å². The molecule has 2 N–H and O–H groups in total. The maximum atomic E-state index is 12.9. The van der Waals surface area contributed by atoms with E-state index < -0.39 is 20.0 Å². The monoisotopic (exact) mass is 885 g/mol. The van der Waals surface area contributed by atoms with Crippen LogP contribution < -0.4 is 10.2 Å². The first-order valence-corrected chi connectivity index (χ1v) is 28.0. The Labute approximate surface area is 380 Å². The molecule has 0 aromatic carbocycles. The van der Waals surface area contributed by atoms with E-state index in [1.165, 1.54) is 186 Å². The van der Waals surface area contributed by atoms with Gasteiger partial charge in [-0.1, -0.05) is 231 Å². The quantitative estimate of drug-likeness (QED) is 0.0273. The lowest BCUT2D eigenvalue weighted by Crippen LogP contribution is -2.46. The minimum Gasteiger partial charge on any atom is -0.756 e. The molecular formula is C52H105N2O6P. The first kappa shape index (κ1) is 60.2. The Morgan fingerprint density at radius 1 is 0.557 bits per heavy atom. The maximum absolute atomic E-state index is 12.9. The molecule has 0 aliphatic heterocycles. The fraction of sp³-hybridized carbons (Fsp3) is 0.942. The third-order valence-corrected chi connectivity index (χ3v) is 13.2. The van der Waals surface area contributed by atoms with Crippen molar-refractivity contribution in [1.82, 2.24) is 5.32 Å². The largest absolute Gasteiger partial charge is 0.756 e. The summed E-state index contributed by atoms with van der Waals surface area (Å²) in [6.07, 6.45) is 52.4. The van der Waals surface area contributed by atoms with E-state index in [0.29, 0.717) is 23.9 Å². The normalized spacial score (nSPS) is 14.1. The number of phosphoric acid groups is 1. The number of amides is 1. The van der Waals surface area contributed by atoms with Gasteiger partial charge in [-0.3, -0.25) is 9.36 Å². The lowest BCUT2D eigenvalue weighted by atomic mass is 10.0. The number of nitrogens with zero attached hydrogens (tertiary/aromatic N) is 1. The van der Waals surface area contributed by atoms with Crippen LogP contribution >= 0.6 is 7.82 Å². The van der Waals surface area contributed by atoms with Gasteiger partial charge in [0.1, 0.15) is 13.2 Å². The summed E-state index contributed by atoms with van der Waals surface area (Å²) in [6, 6.07) is -0.801. The molecule has 0 spiro atoms. The number of carbonyl (C=O) groups is 1. The zero-order valence-corrected chi connectivity index (χ0v) is 42.3. The second-order valence-corrected chi connectivity index (χ2v) is 21.0. The summed E-state index contributed by atoms with van der Waals surface area (Å²) >= 11 is 0. The minimum absolute atomic E-state index is 0.0126. The van der Waals surface area contributed by atoms with E-state index in [1.807, 2.05) is 21.1 Å². The molecular weight excluding hydrogens is 780 g/mol. The second kappa shape index (κ2) is 44.4. The van der Waals surface area contributed by atoms with Gasteiger partial charge in [-0.05, 0) is 38.5 Å². The van der Waals surface area contributed by atoms with Crippen molar-refractivity contribution < 1.29 is 32.9 Å². The zero-order chi connectivity index (χ0) is 45.0. The van der Waals surface area contributed by atoms with Crippen molar-refractivity contribution in [3.8, 4) is 0 Å². The zero-order valence-electron chi connectivity index (χ0n) is 41.4. The molecule has 8 nitrogen and oxygen atoms in total. The molecule has 0 heterocycles. The second-order valence-electron chi connectivity index (χ2n) is 19.6. The van der Waals surface area contributed by atoms with E-state index in [0.717, 1.165) is 51.4 Å². The van der Waals surface area contributed by atoms with E-state index in [1.54, 1.807) is 0 Å². The molecule has 0 rings (SSSR count). The number of carbonyl (C=O) groups excluding carboxylic acids is 1. The van der Waals surface area contributed by atoms with Crippen LogP contribution in [0.1, 0.15) is 264 Å². The standard InChI is InChI=1S/C52H105N2O6P/c1-6-8-10-12-14-16-18-20-21-22-23-24-25-26-27-28-29-30-31-32-33-34-35-37-39-41-43-45-51(55)50(49-60-61(57,58)59-48-47-54(3,4)5)53-52(56)46-44-42-40-38-36-19-17-15-13-11-9-7-2/h15,17,50-51,55H,6-14,16,18-49H2,1-5H3,(H-,53,56,57,58)/b17-15-. The van der Waals surface area contributed by atoms with Gasteiger partial charge in [0.15, 0.2) is 0 Å². The van der Waals surface area contributed by atoms with Crippen LogP contribution in [0.5, 0.6) is 0 Å². The lowest BCUT2D eigenvalue weighted by molar-refractivity contribution is -0.870. The number of phosphoric ester groups is 1. The molecule has 0 aromatic rings. The first-order valence-electron chi connectivity index (χ1n) is 26.5. The van der Waals surface area contributed by atoms with E-state index in [4.69, 9.17) is 9.05 Å². The number of rotatable bonds is 49. The van der Waals surface area contributed by atoms with Crippen LogP contribution in [0.4, 0.5) is 0 Å². The number of unbranched alkanes of at least 4 members (excludes halogenated alkanes) is 34. The number of nitrogens with one attached hydrogen (secondary N) is 1. The van der Waals surface area contributed by atoms with Crippen molar-refractivity contribution in [2.45, 2.75) is 276 Å². The number of likely N-dealkylation sites (N-methyl/N-ethyl adjacent to an activating group) is 1. The Morgan fingerprint density at radius 3 is 1.31 bits per heavy atom. The molecule has 3 atom stereocenters. The number of aliphatic hydroxyl groups is 1. The number of hydrogen-bond donors (Lipinski definition) is 2. The molecule has 3 unspecified atom stereocenters. The fourth-order valence-electron chi connectivity index (χ4n) is 8.04. The summed E-state index contributed by atoms with van der Waals surface area (Å²) in [5, 5.41) is 14.0. The van der Waals surface area contributed by atoms with Crippen molar-refractivity contribution in [3.63, 3.8) is 0 Å². The maximum Gasteiger partial charge on any atom is 0.268 e. The van der Waals surface area contributed by atoms with Crippen LogP contribution in [-0.4, -0.2) is 68.5 Å². The lowest BCUT2D eigenvalue weighted by Gasteiger charge is -2.30. The van der Waals surface area contributed by atoms with Gasteiger partial charge in [0, 0.05) is 6.42 Å². The van der Waals surface area contributed by atoms with Crippen LogP contribution in [0.3, 0.4) is 0 Å². The molecule has 0 saturated heterocycles. The van der Waals surface area contributed by atoms with Gasteiger partial charge in [0.05, 0.1) is 39.9 Å². The Hall–Kier alpha value is -0.760. The third kappa shape index (κ3) is 47.0.